The largest absolute Gasteiger partial charge is 0.486 e. The Morgan fingerprint density at radius 1 is 1.36 bits per heavy atom. The molecule has 0 aromatic carbocycles. The Morgan fingerprint density at radius 2 is 2.18 bits per heavy atom. The highest BCUT2D eigenvalue weighted by atomic mass is 16.5. The predicted molar refractivity (Wildman–Crippen MR) is 88.5 cm³/mol. The van der Waals surface area contributed by atoms with E-state index in [0.29, 0.717) is 30.6 Å². The Morgan fingerprint density at radius 3 is 2.86 bits per heavy atom. The summed E-state index contributed by atoms with van der Waals surface area (Å²) in [5.41, 5.74) is 5.93. The molecule has 122 valence electrons. The van der Waals surface area contributed by atoms with Gasteiger partial charge in [-0.25, -0.2) is 0 Å². The van der Waals surface area contributed by atoms with Crippen LogP contribution in [0.25, 0.3) is 0 Å². The quantitative estimate of drug-likeness (QED) is 0.770. The highest BCUT2D eigenvalue weighted by molar-refractivity contribution is 5.68. The van der Waals surface area contributed by atoms with Crippen LogP contribution in [0, 0.1) is 5.92 Å². The van der Waals surface area contributed by atoms with Crippen molar-refractivity contribution < 1.29 is 4.74 Å². The maximum absolute atomic E-state index is 5.99. The van der Waals surface area contributed by atoms with Crippen molar-refractivity contribution in [1.82, 2.24) is 15.3 Å². The first-order valence-corrected chi connectivity index (χ1v) is 8.07. The number of nitrogens with two attached hydrogens (primary N) is 1. The van der Waals surface area contributed by atoms with Crippen molar-refractivity contribution in [3.05, 3.63) is 0 Å². The SMILES string of the molecule is CN[C@@H]1CCN(c2nc(N)nc3c2OCC[C@@H](C(C)C)N3)C1. The molecule has 0 amide bonds. The van der Waals surface area contributed by atoms with E-state index < -0.39 is 0 Å². The molecule has 0 radical (unpaired) electrons. The van der Waals surface area contributed by atoms with Gasteiger partial charge in [0.2, 0.25) is 11.7 Å². The van der Waals surface area contributed by atoms with Crippen molar-refractivity contribution in [3.8, 4) is 5.75 Å². The van der Waals surface area contributed by atoms with E-state index >= 15 is 0 Å². The molecule has 2 atom stereocenters. The monoisotopic (exact) mass is 306 g/mol. The number of aromatic nitrogens is 2. The number of anilines is 3. The van der Waals surface area contributed by atoms with Gasteiger partial charge in [-0.2, -0.15) is 9.97 Å². The summed E-state index contributed by atoms with van der Waals surface area (Å²) in [4.78, 5) is 11.0. The molecule has 3 rings (SSSR count). The van der Waals surface area contributed by atoms with Gasteiger partial charge in [-0.05, 0) is 19.4 Å². The van der Waals surface area contributed by atoms with E-state index in [1.165, 1.54) is 0 Å². The second-order valence-corrected chi connectivity index (χ2v) is 6.44. The zero-order valence-electron chi connectivity index (χ0n) is 13.6. The molecule has 7 nitrogen and oxygen atoms in total. The van der Waals surface area contributed by atoms with E-state index in [0.717, 1.165) is 43.3 Å². The fraction of sp³-hybridized carbons (Fsp3) is 0.733. The van der Waals surface area contributed by atoms with Crippen LogP contribution in [0.3, 0.4) is 0 Å². The first-order valence-electron chi connectivity index (χ1n) is 8.07. The normalized spacial score (nSPS) is 24.6. The van der Waals surface area contributed by atoms with Crippen LogP contribution in [0.2, 0.25) is 0 Å². The maximum atomic E-state index is 5.99. The van der Waals surface area contributed by atoms with Gasteiger partial charge >= 0.3 is 0 Å². The molecule has 0 unspecified atom stereocenters. The summed E-state index contributed by atoms with van der Waals surface area (Å²) in [6, 6.07) is 0.820. The maximum Gasteiger partial charge on any atom is 0.224 e. The smallest absolute Gasteiger partial charge is 0.224 e. The number of hydrogen-bond donors (Lipinski definition) is 3. The van der Waals surface area contributed by atoms with Crippen molar-refractivity contribution in [2.45, 2.75) is 38.8 Å². The molecule has 0 saturated carbocycles. The lowest BCUT2D eigenvalue weighted by atomic mass is 10.0. The first kappa shape index (κ1) is 15.1. The molecule has 0 bridgehead atoms. The minimum absolute atomic E-state index is 0.294. The summed E-state index contributed by atoms with van der Waals surface area (Å²) >= 11 is 0. The molecular weight excluding hydrogens is 280 g/mol. The number of nitrogens with zero attached hydrogens (tertiary/aromatic N) is 3. The van der Waals surface area contributed by atoms with Gasteiger partial charge in [0, 0.05) is 31.6 Å². The molecule has 1 saturated heterocycles. The minimum atomic E-state index is 0.294. The van der Waals surface area contributed by atoms with Gasteiger partial charge in [0.05, 0.1) is 6.61 Å². The molecule has 1 aromatic heterocycles. The van der Waals surface area contributed by atoms with Gasteiger partial charge in [-0.15, -0.1) is 0 Å². The fourth-order valence-electron chi connectivity index (χ4n) is 3.12. The third-order valence-corrected chi connectivity index (χ3v) is 4.56. The number of nitrogens with one attached hydrogen (secondary N) is 2. The predicted octanol–water partition coefficient (Wildman–Crippen LogP) is 1.08. The molecule has 1 fully saturated rings. The molecule has 2 aliphatic rings. The van der Waals surface area contributed by atoms with Gasteiger partial charge in [-0.3, -0.25) is 0 Å². The number of hydrogen-bond acceptors (Lipinski definition) is 7. The van der Waals surface area contributed by atoms with E-state index in [2.05, 4.69) is 39.3 Å². The van der Waals surface area contributed by atoms with Crippen LogP contribution in [-0.4, -0.2) is 48.8 Å². The summed E-state index contributed by atoms with van der Waals surface area (Å²) in [6.07, 6.45) is 2.05. The van der Waals surface area contributed by atoms with E-state index in [4.69, 9.17) is 10.5 Å². The average Bonchev–Trinajstić information content (AvgIpc) is 2.86. The number of rotatable bonds is 3. The highest BCUT2D eigenvalue weighted by Crippen LogP contribution is 2.38. The molecule has 7 heteroatoms. The topological polar surface area (TPSA) is 88.3 Å². The van der Waals surface area contributed by atoms with Crippen molar-refractivity contribution in [1.29, 1.82) is 0 Å². The zero-order chi connectivity index (χ0) is 15.7. The Kier molecular flexibility index (Phi) is 4.24. The average molecular weight is 306 g/mol. The van der Waals surface area contributed by atoms with Gasteiger partial charge < -0.3 is 26.0 Å². The summed E-state index contributed by atoms with van der Waals surface area (Å²) < 4.78 is 5.99. The fourth-order valence-corrected chi connectivity index (χ4v) is 3.12. The second-order valence-electron chi connectivity index (χ2n) is 6.44. The summed E-state index contributed by atoms with van der Waals surface area (Å²) in [5.74, 6) is 3.09. The van der Waals surface area contributed by atoms with Crippen LogP contribution < -0.4 is 26.0 Å². The van der Waals surface area contributed by atoms with E-state index in [-0.39, 0.29) is 0 Å². The van der Waals surface area contributed by atoms with Gasteiger partial charge in [0.15, 0.2) is 11.6 Å². The van der Waals surface area contributed by atoms with Crippen LogP contribution in [0.15, 0.2) is 0 Å². The van der Waals surface area contributed by atoms with Gasteiger partial charge in [0.1, 0.15) is 0 Å². The molecule has 3 heterocycles. The zero-order valence-corrected chi connectivity index (χ0v) is 13.6. The molecule has 4 N–H and O–H groups in total. The van der Waals surface area contributed by atoms with Crippen molar-refractivity contribution in [2.24, 2.45) is 5.92 Å². The van der Waals surface area contributed by atoms with Crippen LogP contribution in [-0.2, 0) is 0 Å². The Balaban J connectivity index is 1.92. The van der Waals surface area contributed by atoms with E-state index in [1.807, 2.05) is 7.05 Å². The Hall–Kier alpha value is -1.76. The van der Waals surface area contributed by atoms with Crippen LogP contribution in [0.5, 0.6) is 5.75 Å². The minimum Gasteiger partial charge on any atom is -0.486 e. The molecule has 1 aromatic rings. The van der Waals surface area contributed by atoms with Crippen molar-refractivity contribution >= 4 is 17.6 Å². The molecular formula is C15H26N6O. The Labute approximate surface area is 131 Å². The third kappa shape index (κ3) is 2.90. The Bertz CT molecular complexity index is 535. The molecule has 22 heavy (non-hydrogen) atoms. The molecule has 2 aliphatic heterocycles. The van der Waals surface area contributed by atoms with Crippen LogP contribution in [0.1, 0.15) is 26.7 Å². The lowest BCUT2D eigenvalue weighted by molar-refractivity contribution is 0.300. The van der Waals surface area contributed by atoms with Crippen LogP contribution >= 0.6 is 0 Å². The number of fused-ring (bicyclic) bond motifs is 1. The summed E-state index contributed by atoms with van der Waals surface area (Å²) in [5, 5.41) is 6.81. The summed E-state index contributed by atoms with van der Waals surface area (Å²) in [7, 11) is 1.99. The first-order chi connectivity index (χ1) is 10.6. The second kappa shape index (κ2) is 6.16. The lowest BCUT2D eigenvalue weighted by Crippen LogP contribution is -2.30. The summed E-state index contributed by atoms with van der Waals surface area (Å²) in [6.45, 7) is 6.94. The lowest BCUT2D eigenvalue weighted by Gasteiger charge is -2.22. The molecule has 0 spiro atoms. The third-order valence-electron chi connectivity index (χ3n) is 4.56. The molecule has 0 aliphatic carbocycles. The van der Waals surface area contributed by atoms with E-state index in [9.17, 15) is 0 Å². The van der Waals surface area contributed by atoms with Crippen molar-refractivity contribution in [2.75, 3.05) is 42.7 Å². The number of nitrogen functional groups attached to an aromatic ring is 1. The van der Waals surface area contributed by atoms with Crippen LogP contribution in [0.4, 0.5) is 17.6 Å². The van der Waals surface area contributed by atoms with E-state index in [1.54, 1.807) is 0 Å². The number of likely N-dealkylation sites (N-methyl/N-ethyl adjacent to an activating group) is 1. The highest BCUT2D eigenvalue weighted by Gasteiger charge is 2.29. The van der Waals surface area contributed by atoms with Gasteiger partial charge in [0.25, 0.3) is 0 Å². The van der Waals surface area contributed by atoms with Gasteiger partial charge in [-0.1, -0.05) is 13.8 Å². The van der Waals surface area contributed by atoms with Crippen molar-refractivity contribution in [3.63, 3.8) is 0 Å². The standard InChI is InChI=1S/C15H26N6O/c1-9(2)11-5-7-22-12-13(18-11)19-15(16)20-14(12)21-6-4-10(8-21)17-3/h9-11,17H,4-8H2,1-3H3,(H3,16,18,19,20)/t10-,11+/m1/s1. The number of ether oxygens (including phenoxy) is 1.